The highest BCUT2D eigenvalue weighted by molar-refractivity contribution is 5.85. The van der Waals surface area contributed by atoms with Crippen LogP contribution in [0.15, 0.2) is 42.5 Å². The van der Waals surface area contributed by atoms with Gasteiger partial charge in [-0.1, -0.05) is 38.1 Å². The lowest BCUT2D eigenvalue weighted by atomic mass is 9.95. The van der Waals surface area contributed by atoms with Crippen LogP contribution in [0.2, 0.25) is 0 Å². The van der Waals surface area contributed by atoms with E-state index in [4.69, 9.17) is 0 Å². The highest BCUT2D eigenvalue weighted by atomic mass is 35.5. The predicted molar refractivity (Wildman–Crippen MR) is 116 cm³/mol. The second-order valence-electron chi connectivity index (χ2n) is 7.97. The van der Waals surface area contributed by atoms with Crippen LogP contribution in [-0.4, -0.2) is 37.6 Å². The van der Waals surface area contributed by atoms with Gasteiger partial charge < -0.3 is 4.90 Å². The average molecular weight is 427 g/mol. The van der Waals surface area contributed by atoms with Gasteiger partial charge >= 0.3 is 6.18 Å². The van der Waals surface area contributed by atoms with Gasteiger partial charge in [0.25, 0.3) is 0 Å². The molecule has 1 fully saturated rings. The largest absolute Gasteiger partial charge is 0.416 e. The third-order valence-electron chi connectivity index (χ3n) is 5.59. The summed E-state index contributed by atoms with van der Waals surface area (Å²) in [4.78, 5) is 4.45. The molecule has 6 heteroatoms. The number of alkyl halides is 3. The molecule has 1 saturated heterocycles. The van der Waals surface area contributed by atoms with E-state index in [0.29, 0.717) is 11.6 Å². The second kappa shape index (κ2) is 9.86. The number of anilines is 1. The maximum Gasteiger partial charge on any atom is 0.416 e. The van der Waals surface area contributed by atoms with Crippen molar-refractivity contribution in [3.05, 3.63) is 64.7 Å². The van der Waals surface area contributed by atoms with E-state index in [9.17, 15) is 13.2 Å². The van der Waals surface area contributed by atoms with E-state index in [1.54, 1.807) is 6.07 Å². The highest BCUT2D eigenvalue weighted by Crippen LogP contribution is 2.32. The minimum absolute atomic E-state index is 0. The van der Waals surface area contributed by atoms with Crippen molar-refractivity contribution in [3.63, 3.8) is 0 Å². The first-order chi connectivity index (χ1) is 13.2. The summed E-state index contributed by atoms with van der Waals surface area (Å²) in [6.45, 7) is 10.8. The Kier molecular flexibility index (Phi) is 8.01. The normalized spacial score (nSPS) is 15.5. The Labute approximate surface area is 178 Å². The van der Waals surface area contributed by atoms with E-state index in [1.807, 2.05) is 0 Å². The second-order valence-corrected chi connectivity index (χ2v) is 7.97. The lowest BCUT2D eigenvalue weighted by Gasteiger charge is -2.36. The van der Waals surface area contributed by atoms with Crippen molar-refractivity contribution in [3.8, 4) is 0 Å². The van der Waals surface area contributed by atoms with E-state index in [1.165, 1.54) is 28.8 Å². The molecule has 0 unspecified atom stereocenters. The predicted octanol–water partition coefficient (Wildman–Crippen LogP) is 5.92. The summed E-state index contributed by atoms with van der Waals surface area (Å²) in [5.41, 5.74) is 4.19. The van der Waals surface area contributed by atoms with Crippen LogP contribution in [0.25, 0.3) is 0 Å². The Bertz CT molecular complexity index is 797. The van der Waals surface area contributed by atoms with E-state index in [-0.39, 0.29) is 12.4 Å². The Morgan fingerprint density at radius 3 is 2.28 bits per heavy atom. The van der Waals surface area contributed by atoms with Gasteiger partial charge in [0.1, 0.15) is 0 Å². The monoisotopic (exact) mass is 426 g/mol. The van der Waals surface area contributed by atoms with Crippen molar-refractivity contribution in [2.75, 3.05) is 37.6 Å². The molecule has 0 spiro atoms. The first-order valence-electron chi connectivity index (χ1n) is 9.98. The molecule has 2 aromatic rings. The third-order valence-corrected chi connectivity index (χ3v) is 5.59. The van der Waals surface area contributed by atoms with Crippen LogP contribution in [0.5, 0.6) is 0 Å². The van der Waals surface area contributed by atoms with Crippen molar-refractivity contribution in [2.45, 2.75) is 39.3 Å². The molecule has 1 aliphatic rings. The van der Waals surface area contributed by atoms with Gasteiger partial charge in [0.15, 0.2) is 0 Å². The van der Waals surface area contributed by atoms with Gasteiger partial charge in [-0.15, -0.1) is 12.4 Å². The number of aryl methyl sites for hydroxylation is 1. The summed E-state index contributed by atoms with van der Waals surface area (Å²) in [7, 11) is 0. The molecular formula is C23H30ClF3N2. The molecule has 29 heavy (non-hydrogen) atoms. The summed E-state index contributed by atoms with van der Waals surface area (Å²) >= 11 is 0. The Morgan fingerprint density at radius 1 is 0.966 bits per heavy atom. The van der Waals surface area contributed by atoms with E-state index in [2.05, 4.69) is 48.8 Å². The fraction of sp³-hybridized carbons (Fsp3) is 0.478. The van der Waals surface area contributed by atoms with Gasteiger partial charge in [-0.25, -0.2) is 0 Å². The van der Waals surface area contributed by atoms with Crippen LogP contribution < -0.4 is 4.90 Å². The van der Waals surface area contributed by atoms with Gasteiger partial charge in [0.05, 0.1) is 5.56 Å². The van der Waals surface area contributed by atoms with Gasteiger partial charge in [0.2, 0.25) is 0 Å². The van der Waals surface area contributed by atoms with E-state index in [0.717, 1.165) is 45.2 Å². The summed E-state index contributed by atoms with van der Waals surface area (Å²) in [6, 6.07) is 12.4. The Balaban J connectivity index is 0.00000300. The summed E-state index contributed by atoms with van der Waals surface area (Å²) in [5.74, 6) is 0.524. The zero-order valence-corrected chi connectivity index (χ0v) is 18.1. The maximum absolute atomic E-state index is 12.9. The van der Waals surface area contributed by atoms with Crippen LogP contribution in [0.1, 0.15) is 42.0 Å². The summed E-state index contributed by atoms with van der Waals surface area (Å²) in [5, 5.41) is 0. The standard InChI is InChI=1S/C23H29F3N2.ClH/c1-17(2)22-15-19(8-7-18(22)3)9-10-27-11-13-28(14-12-27)21-6-4-5-20(16-21)23(24,25)26;/h4-8,15-17H,9-14H2,1-3H3;1H. The van der Waals surface area contributed by atoms with Crippen molar-refractivity contribution in [1.29, 1.82) is 0 Å². The fourth-order valence-electron chi connectivity index (χ4n) is 3.86. The molecule has 0 aromatic heterocycles. The van der Waals surface area contributed by atoms with Gasteiger partial charge in [-0.05, 0) is 54.2 Å². The number of hydrogen-bond acceptors (Lipinski definition) is 2. The molecule has 160 valence electrons. The van der Waals surface area contributed by atoms with Crippen LogP contribution in [0.4, 0.5) is 18.9 Å². The third kappa shape index (κ3) is 6.13. The van der Waals surface area contributed by atoms with Crippen molar-refractivity contribution >= 4 is 18.1 Å². The number of rotatable bonds is 5. The molecule has 0 bridgehead atoms. The lowest BCUT2D eigenvalue weighted by Crippen LogP contribution is -2.47. The van der Waals surface area contributed by atoms with E-state index >= 15 is 0 Å². The molecule has 0 N–H and O–H groups in total. The molecular weight excluding hydrogens is 397 g/mol. The van der Waals surface area contributed by atoms with Crippen molar-refractivity contribution < 1.29 is 13.2 Å². The number of piperazine rings is 1. The fourth-order valence-corrected chi connectivity index (χ4v) is 3.86. The van der Waals surface area contributed by atoms with Gasteiger partial charge in [-0.3, -0.25) is 4.90 Å². The highest BCUT2D eigenvalue weighted by Gasteiger charge is 2.31. The minimum atomic E-state index is -4.29. The summed E-state index contributed by atoms with van der Waals surface area (Å²) < 4.78 is 38.8. The quantitative estimate of drug-likeness (QED) is 0.585. The minimum Gasteiger partial charge on any atom is -0.369 e. The molecule has 0 saturated carbocycles. The Morgan fingerprint density at radius 2 is 1.66 bits per heavy atom. The van der Waals surface area contributed by atoms with Crippen molar-refractivity contribution in [2.24, 2.45) is 0 Å². The SMILES string of the molecule is Cc1ccc(CCN2CCN(c3cccc(C(F)(F)F)c3)CC2)cc1C(C)C.Cl. The topological polar surface area (TPSA) is 6.48 Å². The van der Waals surface area contributed by atoms with Crippen LogP contribution >= 0.6 is 12.4 Å². The molecule has 1 heterocycles. The molecule has 2 aromatic carbocycles. The Hall–Kier alpha value is -1.72. The maximum atomic E-state index is 12.9. The average Bonchev–Trinajstić information content (AvgIpc) is 2.67. The molecule has 3 rings (SSSR count). The molecule has 2 nitrogen and oxygen atoms in total. The zero-order valence-electron chi connectivity index (χ0n) is 17.3. The summed E-state index contributed by atoms with van der Waals surface area (Å²) in [6.07, 6.45) is -3.29. The van der Waals surface area contributed by atoms with Crippen molar-refractivity contribution in [1.82, 2.24) is 4.90 Å². The van der Waals surface area contributed by atoms with Crippen LogP contribution in [0, 0.1) is 6.92 Å². The molecule has 1 aliphatic heterocycles. The van der Waals surface area contributed by atoms with Gasteiger partial charge in [0, 0.05) is 38.4 Å². The number of halogens is 4. The number of hydrogen-bond donors (Lipinski definition) is 0. The first-order valence-corrected chi connectivity index (χ1v) is 9.98. The smallest absolute Gasteiger partial charge is 0.369 e. The molecule has 0 atom stereocenters. The number of nitrogens with zero attached hydrogens (tertiary/aromatic N) is 2. The van der Waals surface area contributed by atoms with Crippen LogP contribution in [0.3, 0.4) is 0 Å². The molecule has 0 radical (unpaired) electrons. The van der Waals surface area contributed by atoms with Crippen LogP contribution in [-0.2, 0) is 12.6 Å². The zero-order chi connectivity index (χ0) is 20.3. The van der Waals surface area contributed by atoms with Gasteiger partial charge in [-0.2, -0.15) is 13.2 Å². The number of benzene rings is 2. The first kappa shape index (κ1) is 23.6. The molecule has 0 aliphatic carbocycles. The van der Waals surface area contributed by atoms with E-state index < -0.39 is 11.7 Å². The molecule has 0 amide bonds. The lowest BCUT2D eigenvalue weighted by molar-refractivity contribution is -0.137.